The molecule has 3 aromatic heterocycles. The summed E-state index contributed by atoms with van der Waals surface area (Å²) >= 11 is 0. The zero-order chi connectivity index (χ0) is 38.4. The summed E-state index contributed by atoms with van der Waals surface area (Å²) in [5.41, 5.74) is 11.2. The number of imide groups is 1. The predicted octanol–water partition coefficient (Wildman–Crippen LogP) is 4.66. The van der Waals surface area contributed by atoms with Gasteiger partial charge in [-0.25, -0.2) is 19.4 Å². The second kappa shape index (κ2) is 13.3. The average Bonchev–Trinajstić information content (AvgIpc) is 3.94. The summed E-state index contributed by atoms with van der Waals surface area (Å²) in [6, 6.07) is 25.2. The Morgan fingerprint density at radius 2 is 1.51 bits per heavy atom. The van der Waals surface area contributed by atoms with Crippen LogP contribution in [0, 0.1) is 11.8 Å². The van der Waals surface area contributed by atoms with E-state index in [4.69, 9.17) is 20.6 Å². The molecule has 2 unspecified atom stereocenters. The number of carbonyl (C=O) groups is 2. The molecule has 0 spiro atoms. The minimum Gasteiger partial charge on any atom is -0.457 e. The third kappa shape index (κ3) is 5.86. The normalized spacial score (nSPS) is 23.3. The molecule has 290 valence electrons. The van der Waals surface area contributed by atoms with Crippen molar-refractivity contribution >= 4 is 51.2 Å². The molecule has 11 rings (SSSR count). The van der Waals surface area contributed by atoms with Crippen LogP contribution in [0.2, 0.25) is 0 Å². The first-order valence-electron chi connectivity index (χ1n) is 20.0. The maximum Gasteiger partial charge on any atom is 0.329 e. The zero-order valence-corrected chi connectivity index (χ0v) is 31.7. The van der Waals surface area contributed by atoms with Gasteiger partial charge in [0, 0.05) is 88.0 Å². The first-order chi connectivity index (χ1) is 27.8. The molecular weight excluding hydrogens is 721 g/mol. The van der Waals surface area contributed by atoms with E-state index in [1.807, 2.05) is 66.3 Å². The summed E-state index contributed by atoms with van der Waals surface area (Å²) in [5.74, 6) is 3.65. The van der Waals surface area contributed by atoms with Crippen LogP contribution in [-0.4, -0.2) is 109 Å². The number of rotatable bonds is 8. The molecular formula is C42H44N12O3. The maximum atomic E-state index is 12.5. The van der Waals surface area contributed by atoms with E-state index in [9.17, 15) is 9.59 Å². The highest BCUT2D eigenvalue weighted by Crippen LogP contribution is 2.47. The van der Waals surface area contributed by atoms with Gasteiger partial charge in [0.2, 0.25) is 5.91 Å². The lowest BCUT2D eigenvalue weighted by Crippen LogP contribution is -2.69. The molecule has 15 heteroatoms. The summed E-state index contributed by atoms with van der Waals surface area (Å²) in [6.45, 7) is 6.89. The van der Waals surface area contributed by atoms with Crippen LogP contribution in [0.15, 0.2) is 79.1 Å². The van der Waals surface area contributed by atoms with Crippen molar-refractivity contribution in [3.05, 3.63) is 79.1 Å². The van der Waals surface area contributed by atoms with Gasteiger partial charge >= 0.3 is 6.03 Å². The predicted molar refractivity (Wildman–Crippen MR) is 216 cm³/mol. The smallest absolute Gasteiger partial charge is 0.329 e. The number of urea groups is 1. The van der Waals surface area contributed by atoms with Gasteiger partial charge < -0.3 is 15.4 Å². The quantitative estimate of drug-likeness (QED) is 0.223. The first-order valence-corrected chi connectivity index (χ1v) is 20.0. The van der Waals surface area contributed by atoms with Crippen molar-refractivity contribution in [1.29, 1.82) is 0 Å². The van der Waals surface area contributed by atoms with Crippen molar-refractivity contribution in [3.63, 3.8) is 0 Å². The molecule has 0 bridgehead atoms. The Morgan fingerprint density at radius 3 is 2.26 bits per heavy atom. The Hall–Kier alpha value is -6.06. The van der Waals surface area contributed by atoms with Crippen LogP contribution in [0.5, 0.6) is 11.5 Å². The van der Waals surface area contributed by atoms with E-state index in [1.165, 1.54) is 5.69 Å². The van der Waals surface area contributed by atoms with Crippen LogP contribution in [-0.2, 0) is 11.8 Å². The summed E-state index contributed by atoms with van der Waals surface area (Å²) in [7, 11) is 1.90. The number of amides is 3. The molecule has 7 heterocycles. The molecule has 3 amide bonds. The average molecular weight is 765 g/mol. The van der Waals surface area contributed by atoms with Crippen LogP contribution >= 0.6 is 0 Å². The van der Waals surface area contributed by atoms with E-state index in [1.54, 1.807) is 11.2 Å². The molecule has 1 aliphatic carbocycles. The largest absolute Gasteiger partial charge is 0.457 e. The monoisotopic (exact) mass is 764 g/mol. The molecule has 3 aromatic carbocycles. The van der Waals surface area contributed by atoms with Gasteiger partial charge in [-0.15, -0.1) is 0 Å². The molecule has 0 radical (unpaired) electrons. The molecule has 4 aliphatic heterocycles. The number of aromatic nitrogens is 6. The highest BCUT2D eigenvalue weighted by Gasteiger charge is 2.48. The van der Waals surface area contributed by atoms with Gasteiger partial charge in [0.1, 0.15) is 29.3 Å². The van der Waals surface area contributed by atoms with Crippen molar-refractivity contribution in [1.82, 2.24) is 44.6 Å². The summed E-state index contributed by atoms with van der Waals surface area (Å²) < 4.78 is 9.98. The highest BCUT2D eigenvalue weighted by molar-refractivity contribution is 6.09. The Labute approximate surface area is 329 Å². The third-order valence-electron chi connectivity index (χ3n) is 13.0. The van der Waals surface area contributed by atoms with E-state index in [0.717, 1.165) is 96.8 Å². The molecule has 15 nitrogen and oxygen atoms in total. The van der Waals surface area contributed by atoms with E-state index >= 15 is 0 Å². The molecule has 5 aliphatic rings. The van der Waals surface area contributed by atoms with Crippen LogP contribution in [0.25, 0.3) is 33.2 Å². The summed E-state index contributed by atoms with van der Waals surface area (Å²) in [6.07, 6.45) is 4.00. The molecule has 2 atom stereocenters. The molecule has 4 saturated heterocycles. The lowest BCUT2D eigenvalue weighted by Gasteiger charge is -2.54. The van der Waals surface area contributed by atoms with Gasteiger partial charge in [0.05, 0.1) is 16.9 Å². The number of fused-ring (bicyclic) bond motifs is 3. The van der Waals surface area contributed by atoms with E-state index in [-0.39, 0.29) is 18.4 Å². The number of nitrogen functional groups attached to an aromatic ring is 1. The number of ether oxygens (including phenoxy) is 1. The number of anilines is 3. The summed E-state index contributed by atoms with van der Waals surface area (Å²) in [4.78, 5) is 42.6. The number of nitrogens with one attached hydrogen (secondary N) is 1. The van der Waals surface area contributed by atoms with Crippen LogP contribution in [0.1, 0.15) is 25.3 Å². The number of carbonyl (C=O) groups excluding carboxylic acids is 2. The molecule has 3 N–H and O–H groups in total. The van der Waals surface area contributed by atoms with Crippen LogP contribution < -0.4 is 25.6 Å². The number of nitrogens with two attached hydrogens (primary N) is 1. The molecule has 1 saturated carbocycles. The molecule has 57 heavy (non-hydrogen) atoms. The van der Waals surface area contributed by atoms with Crippen LogP contribution in [0.4, 0.5) is 22.1 Å². The van der Waals surface area contributed by atoms with Crippen molar-refractivity contribution in [2.45, 2.75) is 37.4 Å². The van der Waals surface area contributed by atoms with Crippen molar-refractivity contribution in [3.8, 4) is 22.8 Å². The Balaban J connectivity index is 0.701. The number of para-hydroxylation sites is 1. The van der Waals surface area contributed by atoms with E-state index in [0.29, 0.717) is 42.1 Å². The topological polar surface area (TPSA) is 156 Å². The fourth-order valence-corrected chi connectivity index (χ4v) is 9.86. The number of hydrogen-bond acceptors (Lipinski definition) is 11. The fourth-order valence-electron chi connectivity index (χ4n) is 9.86. The van der Waals surface area contributed by atoms with Gasteiger partial charge in [0.15, 0.2) is 11.5 Å². The van der Waals surface area contributed by atoms with Gasteiger partial charge in [-0.05, 0) is 79.3 Å². The number of benzene rings is 3. The Morgan fingerprint density at radius 1 is 0.789 bits per heavy atom. The third-order valence-corrected chi connectivity index (χ3v) is 13.0. The Bertz CT molecular complexity index is 2510. The highest BCUT2D eigenvalue weighted by atomic mass is 16.5. The van der Waals surface area contributed by atoms with Gasteiger partial charge in [-0.1, -0.05) is 18.2 Å². The second-order valence-electron chi connectivity index (χ2n) is 16.4. The maximum absolute atomic E-state index is 12.5. The van der Waals surface area contributed by atoms with E-state index < -0.39 is 6.03 Å². The van der Waals surface area contributed by atoms with E-state index in [2.05, 4.69) is 53.0 Å². The van der Waals surface area contributed by atoms with Crippen molar-refractivity contribution < 1.29 is 14.3 Å². The van der Waals surface area contributed by atoms with Crippen molar-refractivity contribution in [2.24, 2.45) is 18.9 Å². The second-order valence-corrected chi connectivity index (χ2v) is 16.4. The lowest BCUT2D eigenvalue weighted by atomic mass is 9.98. The number of hydrogen-bond donors (Lipinski definition) is 2. The van der Waals surface area contributed by atoms with Crippen LogP contribution in [0.3, 0.4) is 0 Å². The van der Waals surface area contributed by atoms with Gasteiger partial charge in [-0.2, -0.15) is 10.2 Å². The number of likely N-dealkylation sites (tertiary alicyclic amines) is 2. The standard InChI is InChI=1S/C42H44N12O3/c1-49-35-17-28(9-12-34(35)40(48-49)53-14-13-36(55)46-42(53)56)51-20-31(21-51)52-22-30(23-52)50-18-26-15-29(16-27(26)19-50)54-41-37(39(43)44-24-45-41)38(47-54)25-7-10-33(11-8-25)57-32-5-3-2-4-6-32/h2-12,17,24,26-27,29-31H,13-16,18-23H2,1H3,(H2,43,44,45)(H,46,55,56). The minimum atomic E-state index is -0.414. The number of aryl methyl sites for hydroxylation is 1. The number of nitrogens with zero attached hydrogens (tertiary/aromatic N) is 10. The summed E-state index contributed by atoms with van der Waals surface area (Å²) in [5, 5.41) is 14.0. The zero-order valence-electron chi connectivity index (χ0n) is 31.7. The minimum absolute atomic E-state index is 0.247. The van der Waals surface area contributed by atoms with Gasteiger partial charge in [-0.3, -0.25) is 29.5 Å². The SMILES string of the molecule is Cn1nc(N2CCC(=O)NC2=O)c2ccc(N3CC(N4CC(N5CC6CC(n7nc(-c8ccc(Oc9ccccc9)cc8)c8c(N)ncnc87)CC6C5)C4)C3)cc21. The first kappa shape index (κ1) is 34.2. The molecule has 6 aromatic rings. The fraction of sp³-hybridized carbons (Fsp3) is 0.381. The lowest BCUT2D eigenvalue weighted by molar-refractivity contribution is -0.120. The van der Waals surface area contributed by atoms with Crippen molar-refractivity contribution in [2.75, 3.05) is 61.3 Å². The van der Waals surface area contributed by atoms with Gasteiger partial charge in [0.25, 0.3) is 0 Å². The molecule has 5 fully saturated rings. The Kier molecular flexibility index (Phi) is 7.96.